The molecule has 2 atom stereocenters. The first-order valence-electron chi connectivity index (χ1n) is 9.02. The zero-order valence-electron chi connectivity index (χ0n) is 14.8. The standard InChI is InChI=1S/C21H25NO4/c23-14-17-6-9-18(10-7-17)26-20-12-13-25-15-19(20)22-21(24)11-8-16-4-2-1-3-5-16/h1-7,9-10,19-20,23H,8,11-15H2,(H,22,24). The molecule has 1 saturated heterocycles. The Balaban J connectivity index is 1.53. The van der Waals surface area contributed by atoms with Crippen molar-refractivity contribution in [2.45, 2.75) is 38.0 Å². The lowest BCUT2D eigenvalue weighted by atomic mass is 10.1. The van der Waals surface area contributed by atoms with Crippen molar-refractivity contribution < 1.29 is 19.4 Å². The average molecular weight is 355 g/mol. The van der Waals surface area contributed by atoms with E-state index in [1.165, 1.54) is 0 Å². The molecule has 2 aromatic rings. The molecule has 2 aromatic carbocycles. The highest BCUT2D eigenvalue weighted by Crippen LogP contribution is 2.19. The normalized spacial score (nSPS) is 19.7. The lowest BCUT2D eigenvalue weighted by Gasteiger charge is -2.32. The molecule has 0 saturated carbocycles. The Morgan fingerprint density at radius 3 is 2.62 bits per heavy atom. The quantitative estimate of drug-likeness (QED) is 0.801. The first kappa shape index (κ1) is 18.4. The number of hydrogen-bond acceptors (Lipinski definition) is 4. The van der Waals surface area contributed by atoms with Gasteiger partial charge < -0.3 is 19.9 Å². The second kappa shape index (κ2) is 9.36. The monoisotopic (exact) mass is 355 g/mol. The molecule has 5 heteroatoms. The van der Waals surface area contributed by atoms with E-state index in [0.29, 0.717) is 26.1 Å². The Morgan fingerprint density at radius 1 is 1.12 bits per heavy atom. The van der Waals surface area contributed by atoms with E-state index in [2.05, 4.69) is 5.32 Å². The van der Waals surface area contributed by atoms with Gasteiger partial charge >= 0.3 is 0 Å². The molecule has 1 aliphatic rings. The van der Waals surface area contributed by atoms with Crippen LogP contribution in [0.3, 0.4) is 0 Å². The van der Waals surface area contributed by atoms with Crippen LogP contribution in [-0.2, 0) is 22.6 Å². The number of nitrogens with one attached hydrogen (secondary N) is 1. The van der Waals surface area contributed by atoms with Crippen LogP contribution in [-0.4, -0.2) is 36.4 Å². The lowest BCUT2D eigenvalue weighted by Crippen LogP contribution is -2.51. The number of carbonyl (C=O) groups is 1. The van der Waals surface area contributed by atoms with Crippen molar-refractivity contribution in [2.75, 3.05) is 13.2 Å². The summed E-state index contributed by atoms with van der Waals surface area (Å²) < 4.78 is 11.6. The minimum Gasteiger partial charge on any atom is -0.488 e. The molecule has 1 fully saturated rings. The first-order valence-corrected chi connectivity index (χ1v) is 9.02. The minimum atomic E-state index is -0.162. The number of benzene rings is 2. The smallest absolute Gasteiger partial charge is 0.220 e. The number of aliphatic hydroxyl groups excluding tert-OH is 1. The number of carbonyl (C=O) groups excluding carboxylic acids is 1. The average Bonchev–Trinajstić information content (AvgIpc) is 2.69. The maximum Gasteiger partial charge on any atom is 0.220 e. The molecule has 0 aliphatic carbocycles. The molecule has 3 rings (SSSR count). The molecule has 26 heavy (non-hydrogen) atoms. The summed E-state index contributed by atoms with van der Waals surface area (Å²) >= 11 is 0. The summed E-state index contributed by atoms with van der Waals surface area (Å²) in [5.74, 6) is 0.742. The Kier molecular flexibility index (Phi) is 6.63. The van der Waals surface area contributed by atoms with E-state index < -0.39 is 0 Å². The van der Waals surface area contributed by atoms with E-state index in [1.54, 1.807) is 0 Å². The highest BCUT2D eigenvalue weighted by atomic mass is 16.5. The van der Waals surface area contributed by atoms with Gasteiger partial charge in [-0.1, -0.05) is 42.5 Å². The van der Waals surface area contributed by atoms with E-state index in [0.717, 1.165) is 23.3 Å². The largest absolute Gasteiger partial charge is 0.488 e. The third-order valence-electron chi connectivity index (χ3n) is 4.52. The predicted octanol–water partition coefficient (Wildman–Crippen LogP) is 2.46. The summed E-state index contributed by atoms with van der Waals surface area (Å²) in [4.78, 5) is 12.3. The second-order valence-electron chi connectivity index (χ2n) is 6.48. The van der Waals surface area contributed by atoms with Gasteiger partial charge in [-0.3, -0.25) is 4.79 Å². The van der Waals surface area contributed by atoms with Crippen molar-refractivity contribution in [3.63, 3.8) is 0 Å². The number of amides is 1. The number of rotatable bonds is 7. The fraction of sp³-hybridized carbons (Fsp3) is 0.381. The molecule has 5 nitrogen and oxygen atoms in total. The van der Waals surface area contributed by atoms with E-state index in [4.69, 9.17) is 14.6 Å². The predicted molar refractivity (Wildman–Crippen MR) is 98.9 cm³/mol. The number of aryl methyl sites for hydroxylation is 1. The van der Waals surface area contributed by atoms with Crippen molar-refractivity contribution in [2.24, 2.45) is 0 Å². The summed E-state index contributed by atoms with van der Waals surface area (Å²) in [6.07, 6.45) is 1.77. The fourth-order valence-corrected chi connectivity index (χ4v) is 3.02. The maximum absolute atomic E-state index is 12.3. The number of hydrogen-bond donors (Lipinski definition) is 2. The summed E-state index contributed by atoms with van der Waals surface area (Å²) in [7, 11) is 0. The topological polar surface area (TPSA) is 67.8 Å². The molecule has 2 N–H and O–H groups in total. The summed E-state index contributed by atoms with van der Waals surface area (Å²) in [5, 5.41) is 12.2. The van der Waals surface area contributed by atoms with Crippen molar-refractivity contribution in [3.05, 3.63) is 65.7 Å². The Labute approximate surface area is 153 Å². The molecule has 1 amide bonds. The summed E-state index contributed by atoms with van der Waals surface area (Å²) in [5.41, 5.74) is 1.99. The van der Waals surface area contributed by atoms with Crippen LogP contribution in [0.4, 0.5) is 0 Å². The van der Waals surface area contributed by atoms with Crippen molar-refractivity contribution >= 4 is 5.91 Å². The number of aliphatic hydroxyl groups is 1. The van der Waals surface area contributed by atoms with Crippen LogP contribution >= 0.6 is 0 Å². The van der Waals surface area contributed by atoms with Gasteiger partial charge in [0.1, 0.15) is 11.9 Å². The van der Waals surface area contributed by atoms with Gasteiger partial charge in [-0.05, 0) is 29.7 Å². The second-order valence-corrected chi connectivity index (χ2v) is 6.48. The third-order valence-corrected chi connectivity index (χ3v) is 4.52. The van der Waals surface area contributed by atoms with Crippen LogP contribution in [0.15, 0.2) is 54.6 Å². The van der Waals surface area contributed by atoms with Crippen LogP contribution < -0.4 is 10.1 Å². The van der Waals surface area contributed by atoms with E-state index >= 15 is 0 Å². The highest BCUT2D eigenvalue weighted by Gasteiger charge is 2.28. The molecule has 0 aromatic heterocycles. The van der Waals surface area contributed by atoms with Gasteiger partial charge in [-0.2, -0.15) is 0 Å². The molecule has 138 valence electrons. The molecule has 0 bridgehead atoms. The van der Waals surface area contributed by atoms with Crippen molar-refractivity contribution in [3.8, 4) is 5.75 Å². The van der Waals surface area contributed by atoms with E-state index in [1.807, 2.05) is 54.6 Å². The van der Waals surface area contributed by atoms with Crippen LogP contribution in [0.5, 0.6) is 5.75 Å². The van der Waals surface area contributed by atoms with Gasteiger partial charge in [0.05, 0.1) is 25.9 Å². The Bertz CT molecular complexity index is 687. The van der Waals surface area contributed by atoms with Crippen LogP contribution in [0.2, 0.25) is 0 Å². The van der Waals surface area contributed by atoms with Gasteiger partial charge in [0.15, 0.2) is 0 Å². The Hall–Kier alpha value is -2.37. The van der Waals surface area contributed by atoms with Crippen molar-refractivity contribution in [1.29, 1.82) is 0 Å². The maximum atomic E-state index is 12.3. The summed E-state index contributed by atoms with van der Waals surface area (Å²) in [6.45, 7) is 1.09. The lowest BCUT2D eigenvalue weighted by molar-refractivity contribution is -0.124. The van der Waals surface area contributed by atoms with Gasteiger partial charge in [0, 0.05) is 12.8 Å². The molecule has 1 heterocycles. The molecule has 1 aliphatic heterocycles. The fourth-order valence-electron chi connectivity index (χ4n) is 3.02. The Morgan fingerprint density at radius 2 is 1.88 bits per heavy atom. The molecule has 0 radical (unpaired) electrons. The van der Waals surface area contributed by atoms with Gasteiger partial charge in [0.25, 0.3) is 0 Å². The molecule has 2 unspecified atom stereocenters. The van der Waals surface area contributed by atoms with E-state index in [-0.39, 0.29) is 24.7 Å². The molecular weight excluding hydrogens is 330 g/mol. The number of ether oxygens (including phenoxy) is 2. The van der Waals surface area contributed by atoms with Gasteiger partial charge in [0.2, 0.25) is 5.91 Å². The van der Waals surface area contributed by atoms with Crippen LogP contribution in [0, 0.1) is 0 Å². The van der Waals surface area contributed by atoms with Gasteiger partial charge in [-0.15, -0.1) is 0 Å². The minimum absolute atomic E-state index is 0.00795. The third kappa shape index (κ3) is 5.31. The summed E-state index contributed by atoms with van der Waals surface area (Å²) in [6, 6.07) is 17.2. The van der Waals surface area contributed by atoms with Crippen LogP contribution in [0.1, 0.15) is 24.0 Å². The van der Waals surface area contributed by atoms with Crippen LogP contribution in [0.25, 0.3) is 0 Å². The van der Waals surface area contributed by atoms with Gasteiger partial charge in [-0.25, -0.2) is 0 Å². The SMILES string of the molecule is O=C(CCc1ccccc1)NC1COCCC1Oc1ccc(CO)cc1. The molecule has 0 spiro atoms. The molecular formula is C21H25NO4. The van der Waals surface area contributed by atoms with Crippen molar-refractivity contribution in [1.82, 2.24) is 5.32 Å². The van der Waals surface area contributed by atoms with E-state index in [9.17, 15) is 4.79 Å². The first-order chi connectivity index (χ1) is 12.7. The zero-order valence-corrected chi connectivity index (χ0v) is 14.8. The highest BCUT2D eigenvalue weighted by molar-refractivity contribution is 5.76. The zero-order chi connectivity index (χ0) is 18.2.